The molecule has 17 heavy (non-hydrogen) atoms. The molecule has 0 heterocycles. The van der Waals surface area contributed by atoms with Crippen molar-refractivity contribution in [3.8, 4) is 0 Å². The molecule has 1 amide bonds. The maximum Gasteiger partial charge on any atom is 0.220 e. The van der Waals surface area contributed by atoms with E-state index in [0.29, 0.717) is 24.7 Å². The van der Waals surface area contributed by atoms with Gasteiger partial charge in [0.2, 0.25) is 5.91 Å². The molecule has 0 saturated carbocycles. The molecule has 0 fully saturated rings. The fourth-order valence-electron chi connectivity index (χ4n) is 1.50. The first-order chi connectivity index (χ1) is 7.86. The molecular weight excluding hydrogens is 216 g/mol. The van der Waals surface area contributed by atoms with Gasteiger partial charge in [-0.25, -0.2) is 0 Å². The minimum Gasteiger partial charge on any atom is -0.345 e. The number of nitrogens with one attached hydrogen (secondary N) is 1. The molecule has 0 spiro atoms. The van der Waals surface area contributed by atoms with Crippen LogP contribution in [0.1, 0.15) is 47.0 Å². The van der Waals surface area contributed by atoms with Crippen molar-refractivity contribution in [2.45, 2.75) is 53.0 Å². The Labute approximate surface area is 104 Å². The van der Waals surface area contributed by atoms with Crippen molar-refractivity contribution in [2.24, 2.45) is 17.6 Å². The average Bonchev–Trinajstić information content (AvgIpc) is 2.21. The Bertz CT molecular complexity index is 250. The summed E-state index contributed by atoms with van der Waals surface area (Å²) in [6.07, 6.45) is 1.77. The second kappa shape index (κ2) is 8.23. The first kappa shape index (κ1) is 16.1. The van der Waals surface area contributed by atoms with Gasteiger partial charge in [-0.05, 0) is 18.3 Å². The van der Waals surface area contributed by atoms with Gasteiger partial charge >= 0.3 is 0 Å². The lowest BCUT2D eigenvalue weighted by Gasteiger charge is -2.17. The standard InChI is InChI=1S/C13H26N2O2/c1-9(2)5-6-12(16)11(8-14)15-13(17)7-10(3)4/h9-11H,5-8,14H2,1-4H3,(H,15,17). The molecule has 100 valence electrons. The Balaban J connectivity index is 4.13. The van der Waals surface area contributed by atoms with Crippen LogP contribution in [0, 0.1) is 11.8 Å². The van der Waals surface area contributed by atoms with Crippen LogP contribution < -0.4 is 11.1 Å². The predicted octanol–water partition coefficient (Wildman–Crippen LogP) is 1.48. The maximum atomic E-state index is 11.8. The van der Waals surface area contributed by atoms with Gasteiger partial charge in [0.1, 0.15) is 0 Å². The van der Waals surface area contributed by atoms with E-state index < -0.39 is 6.04 Å². The van der Waals surface area contributed by atoms with E-state index in [1.165, 1.54) is 0 Å². The topological polar surface area (TPSA) is 72.2 Å². The molecule has 0 aliphatic heterocycles. The molecular formula is C13H26N2O2. The zero-order valence-electron chi connectivity index (χ0n) is 11.5. The van der Waals surface area contributed by atoms with Crippen molar-refractivity contribution in [3.05, 3.63) is 0 Å². The van der Waals surface area contributed by atoms with Gasteiger partial charge in [-0.15, -0.1) is 0 Å². The maximum absolute atomic E-state index is 11.8. The first-order valence-corrected chi connectivity index (χ1v) is 6.39. The Morgan fingerprint density at radius 2 is 1.71 bits per heavy atom. The summed E-state index contributed by atoms with van der Waals surface area (Å²) in [6.45, 7) is 8.26. The largest absolute Gasteiger partial charge is 0.345 e. The van der Waals surface area contributed by atoms with E-state index in [9.17, 15) is 9.59 Å². The summed E-state index contributed by atoms with van der Waals surface area (Å²) in [4.78, 5) is 23.4. The third-order valence-corrected chi connectivity index (χ3v) is 2.52. The third-order valence-electron chi connectivity index (χ3n) is 2.52. The molecule has 0 rings (SSSR count). The van der Waals surface area contributed by atoms with Gasteiger partial charge in [0.25, 0.3) is 0 Å². The van der Waals surface area contributed by atoms with Gasteiger partial charge in [0.15, 0.2) is 5.78 Å². The fourth-order valence-corrected chi connectivity index (χ4v) is 1.50. The number of carbonyl (C=O) groups excluding carboxylic acids is 2. The van der Waals surface area contributed by atoms with Crippen molar-refractivity contribution >= 4 is 11.7 Å². The molecule has 0 aliphatic carbocycles. The van der Waals surface area contributed by atoms with E-state index in [4.69, 9.17) is 5.73 Å². The minimum atomic E-state index is -0.514. The van der Waals surface area contributed by atoms with Crippen LogP contribution in [-0.4, -0.2) is 24.3 Å². The monoisotopic (exact) mass is 242 g/mol. The van der Waals surface area contributed by atoms with Crippen LogP contribution in [0.25, 0.3) is 0 Å². The summed E-state index contributed by atoms with van der Waals surface area (Å²) in [6, 6.07) is -0.514. The van der Waals surface area contributed by atoms with E-state index in [1.807, 2.05) is 13.8 Å². The predicted molar refractivity (Wildman–Crippen MR) is 69.5 cm³/mol. The molecule has 3 N–H and O–H groups in total. The van der Waals surface area contributed by atoms with Crippen molar-refractivity contribution in [2.75, 3.05) is 6.54 Å². The number of hydrogen-bond acceptors (Lipinski definition) is 3. The number of hydrogen-bond donors (Lipinski definition) is 2. The van der Waals surface area contributed by atoms with Gasteiger partial charge < -0.3 is 11.1 Å². The van der Waals surface area contributed by atoms with Crippen molar-refractivity contribution in [3.63, 3.8) is 0 Å². The molecule has 0 aromatic rings. The molecule has 1 atom stereocenters. The number of ketones is 1. The highest BCUT2D eigenvalue weighted by molar-refractivity contribution is 5.89. The second-order valence-corrected chi connectivity index (χ2v) is 5.35. The van der Waals surface area contributed by atoms with Crippen LogP contribution in [0.4, 0.5) is 0 Å². The number of Topliss-reactive ketones (excluding diaryl/α,β-unsaturated/α-hetero) is 1. The number of carbonyl (C=O) groups is 2. The van der Waals surface area contributed by atoms with E-state index >= 15 is 0 Å². The van der Waals surface area contributed by atoms with Crippen LogP contribution in [-0.2, 0) is 9.59 Å². The molecule has 1 unspecified atom stereocenters. The number of amides is 1. The van der Waals surface area contributed by atoms with Crippen LogP contribution in [0.2, 0.25) is 0 Å². The smallest absolute Gasteiger partial charge is 0.220 e. The van der Waals surface area contributed by atoms with E-state index in [2.05, 4.69) is 19.2 Å². The van der Waals surface area contributed by atoms with Gasteiger partial charge in [-0.2, -0.15) is 0 Å². The van der Waals surface area contributed by atoms with E-state index in [0.717, 1.165) is 6.42 Å². The van der Waals surface area contributed by atoms with Crippen molar-refractivity contribution in [1.29, 1.82) is 0 Å². The summed E-state index contributed by atoms with van der Waals surface area (Å²) in [5.41, 5.74) is 5.52. The minimum absolute atomic E-state index is 0.0401. The zero-order chi connectivity index (χ0) is 13.4. The lowest BCUT2D eigenvalue weighted by atomic mass is 10.0. The van der Waals surface area contributed by atoms with Crippen LogP contribution in [0.5, 0.6) is 0 Å². The first-order valence-electron chi connectivity index (χ1n) is 6.39. The summed E-state index contributed by atoms with van der Waals surface area (Å²) < 4.78 is 0. The highest BCUT2D eigenvalue weighted by Crippen LogP contribution is 2.06. The molecule has 0 aromatic heterocycles. The molecule has 0 radical (unpaired) electrons. The fraction of sp³-hybridized carbons (Fsp3) is 0.846. The lowest BCUT2D eigenvalue weighted by Crippen LogP contribution is -2.46. The summed E-state index contributed by atoms with van der Waals surface area (Å²) in [5.74, 6) is 0.731. The van der Waals surface area contributed by atoms with Gasteiger partial charge in [0.05, 0.1) is 6.04 Å². The molecule has 0 aromatic carbocycles. The second-order valence-electron chi connectivity index (χ2n) is 5.35. The molecule has 4 nitrogen and oxygen atoms in total. The van der Waals surface area contributed by atoms with Gasteiger partial charge in [0, 0.05) is 19.4 Å². The summed E-state index contributed by atoms with van der Waals surface area (Å²) in [7, 11) is 0. The Kier molecular flexibility index (Phi) is 7.79. The number of rotatable bonds is 8. The summed E-state index contributed by atoms with van der Waals surface area (Å²) in [5, 5.41) is 2.71. The highest BCUT2D eigenvalue weighted by Gasteiger charge is 2.19. The van der Waals surface area contributed by atoms with E-state index in [1.54, 1.807) is 0 Å². The summed E-state index contributed by atoms with van der Waals surface area (Å²) >= 11 is 0. The van der Waals surface area contributed by atoms with Gasteiger partial charge in [-0.1, -0.05) is 27.7 Å². The average molecular weight is 242 g/mol. The highest BCUT2D eigenvalue weighted by atomic mass is 16.2. The quantitative estimate of drug-likeness (QED) is 0.677. The Hall–Kier alpha value is -0.900. The van der Waals surface area contributed by atoms with Crippen LogP contribution in [0.15, 0.2) is 0 Å². The number of nitrogens with two attached hydrogens (primary N) is 1. The van der Waals surface area contributed by atoms with Crippen molar-refractivity contribution in [1.82, 2.24) is 5.32 Å². The SMILES string of the molecule is CC(C)CCC(=O)C(CN)NC(=O)CC(C)C. The van der Waals surface area contributed by atoms with E-state index in [-0.39, 0.29) is 18.2 Å². The zero-order valence-corrected chi connectivity index (χ0v) is 11.5. The third kappa shape index (κ3) is 7.91. The molecule has 4 heteroatoms. The van der Waals surface area contributed by atoms with Crippen LogP contribution >= 0.6 is 0 Å². The van der Waals surface area contributed by atoms with Crippen molar-refractivity contribution < 1.29 is 9.59 Å². The molecule has 0 bridgehead atoms. The normalized spacial score (nSPS) is 12.9. The lowest BCUT2D eigenvalue weighted by molar-refractivity contribution is -0.128. The Morgan fingerprint density at radius 1 is 1.12 bits per heavy atom. The van der Waals surface area contributed by atoms with Gasteiger partial charge in [-0.3, -0.25) is 9.59 Å². The molecule has 0 aliphatic rings. The molecule has 0 saturated heterocycles. The van der Waals surface area contributed by atoms with Crippen LogP contribution in [0.3, 0.4) is 0 Å². The Morgan fingerprint density at radius 3 is 2.12 bits per heavy atom.